The Hall–Kier alpha value is -2.65. The summed E-state index contributed by atoms with van der Waals surface area (Å²) in [6.45, 7) is 0. The van der Waals surface area contributed by atoms with Gasteiger partial charge in [0, 0.05) is 0 Å². The number of hydrogen-bond acceptors (Lipinski definition) is 5. The zero-order chi connectivity index (χ0) is 12.5. The molecule has 0 fully saturated rings. The molecule has 0 atom stereocenters. The summed E-state index contributed by atoms with van der Waals surface area (Å²) in [5, 5.41) is 27.6. The van der Waals surface area contributed by atoms with Crippen molar-refractivity contribution in [3.05, 3.63) is 16.3 Å². The number of carbonyl (C=O) groups is 2. The predicted octanol–water partition coefficient (Wildman–Crippen LogP) is 0.491. The molecule has 2 N–H and O–H groups in total. The fraction of sp³-hybridized carbons (Fsp3) is 0.167. The van der Waals surface area contributed by atoms with E-state index in [0.29, 0.717) is 0 Å². The van der Waals surface area contributed by atoms with Gasteiger partial charge in [0.15, 0.2) is 0 Å². The number of anilines is 1. The lowest BCUT2D eigenvalue weighted by Crippen LogP contribution is -2.36. The van der Waals surface area contributed by atoms with E-state index < -0.39 is 28.9 Å². The summed E-state index contributed by atoms with van der Waals surface area (Å²) in [5.41, 5.74) is 0. The second-order valence-electron chi connectivity index (χ2n) is 2.63. The van der Waals surface area contributed by atoms with Crippen molar-refractivity contribution in [2.45, 2.75) is 0 Å². The molecule has 10 nitrogen and oxygen atoms in total. The molecule has 0 aliphatic rings. The van der Waals surface area contributed by atoms with Crippen LogP contribution in [-0.2, 0) is 7.05 Å². The van der Waals surface area contributed by atoms with Gasteiger partial charge in [-0.2, -0.15) is 9.55 Å². The Labute approximate surface area is 87.5 Å². The molecule has 1 rings (SSSR count). The minimum Gasteiger partial charge on any atom is -0.464 e. The van der Waals surface area contributed by atoms with E-state index >= 15 is 0 Å². The molecular weight excluding hydrogens is 224 g/mol. The van der Waals surface area contributed by atoms with Crippen LogP contribution in [0.4, 0.5) is 21.4 Å². The van der Waals surface area contributed by atoms with Gasteiger partial charge in [0.05, 0.1) is 7.05 Å². The Balaban J connectivity index is 3.27. The molecule has 2 amide bonds. The first kappa shape index (κ1) is 11.4. The van der Waals surface area contributed by atoms with E-state index in [-0.39, 0.29) is 4.90 Å². The summed E-state index contributed by atoms with van der Waals surface area (Å²) in [5.74, 6) is -1.07. The normalized spacial score (nSPS) is 9.81. The molecule has 0 radical (unpaired) electrons. The average Bonchev–Trinajstić information content (AvgIpc) is 2.47. The van der Waals surface area contributed by atoms with E-state index in [1.165, 1.54) is 0 Å². The van der Waals surface area contributed by atoms with Crippen molar-refractivity contribution < 1.29 is 24.7 Å². The molecule has 0 aliphatic heterocycles. The molecule has 1 aromatic rings. The summed E-state index contributed by atoms with van der Waals surface area (Å²) >= 11 is 0. The van der Waals surface area contributed by atoms with Crippen molar-refractivity contribution in [3.63, 3.8) is 0 Å². The van der Waals surface area contributed by atoms with Crippen LogP contribution in [-0.4, -0.2) is 36.9 Å². The quantitative estimate of drug-likeness (QED) is 0.556. The Kier molecular flexibility index (Phi) is 2.74. The van der Waals surface area contributed by atoms with Crippen LogP contribution >= 0.6 is 0 Å². The SMILES string of the molecule is Cn1c([N+](=O)[O-])cnc1N(C(=O)O)C(=O)O. The Morgan fingerprint density at radius 3 is 2.31 bits per heavy atom. The number of carboxylic acid groups (broad SMARTS) is 2. The molecule has 0 spiro atoms. The lowest BCUT2D eigenvalue weighted by molar-refractivity contribution is -0.391. The van der Waals surface area contributed by atoms with Crippen molar-refractivity contribution in [2.24, 2.45) is 7.05 Å². The van der Waals surface area contributed by atoms with Crippen molar-refractivity contribution >= 4 is 24.0 Å². The third kappa shape index (κ3) is 1.75. The standard InChI is InChI=1S/C6H6N4O6/c1-8-3(10(15)16)2-7-4(8)9(5(11)12)6(13)14/h2H,1H3,(H,11,12)(H,13,14). The first-order valence-electron chi connectivity index (χ1n) is 3.78. The number of imidazole rings is 1. The summed E-state index contributed by atoms with van der Waals surface area (Å²) in [6.07, 6.45) is -2.82. The predicted molar refractivity (Wildman–Crippen MR) is 48.4 cm³/mol. The molecular formula is C6H6N4O6. The summed E-state index contributed by atoms with van der Waals surface area (Å²) in [7, 11) is 1.14. The van der Waals surface area contributed by atoms with Gasteiger partial charge in [-0.15, -0.1) is 4.90 Å². The first-order valence-corrected chi connectivity index (χ1v) is 3.78. The Morgan fingerprint density at radius 1 is 1.50 bits per heavy atom. The molecule has 0 unspecified atom stereocenters. The number of amides is 2. The lowest BCUT2D eigenvalue weighted by atomic mass is 10.7. The average molecular weight is 230 g/mol. The largest absolute Gasteiger partial charge is 0.464 e. The highest BCUT2D eigenvalue weighted by Gasteiger charge is 2.31. The van der Waals surface area contributed by atoms with Crippen molar-refractivity contribution in [2.75, 3.05) is 4.90 Å². The van der Waals surface area contributed by atoms with Crippen LogP contribution in [0.1, 0.15) is 0 Å². The number of rotatable bonds is 2. The van der Waals surface area contributed by atoms with Gasteiger partial charge in [-0.3, -0.25) is 0 Å². The number of nitro groups is 1. The highest BCUT2D eigenvalue weighted by molar-refractivity contribution is 6.06. The molecule has 86 valence electrons. The van der Waals surface area contributed by atoms with Gasteiger partial charge < -0.3 is 20.3 Å². The Bertz CT molecular complexity index is 452. The molecule has 0 saturated heterocycles. The number of nitrogens with zero attached hydrogens (tertiary/aromatic N) is 4. The molecule has 10 heteroatoms. The number of aromatic nitrogens is 2. The van der Waals surface area contributed by atoms with Gasteiger partial charge >= 0.3 is 24.0 Å². The molecule has 16 heavy (non-hydrogen) atoms. The lowest BCUT2D eigenvalue weighted by Gasteiger charge is -2.08. The smallest absolute Gasteiger partial charge is 0.425 e. The maximum Gasteiger partial charge on any atom is 0.425 e. The summed E-state index contributed by atoms with van der Waals surface area (Å²) in [4.78, 5) is 34.1. The number of imide groups is 1. The highest BCUT2D eigenvalue weighted by atomic mass is 16.6. The van der Waals surface area contributed by atoms with E-state index in [9.17, 15) is 19.7 Å². The summed E-state index contributed by atoms with van der Waals surface area (Å²) in [6, 6.07) is 0. The minimum absolute atomic E-state index is 0.118. The van der Waals surface area contributed by atoms with Gasteiger partial charge in [0.25, 0.3) is 0 Å². The molecule has 0 aliphatic carbocycles. The third-order valence-corrected chi connectivity index (χ3v) is 1.71. The van der Waals surface area contributed by atoms with E-state index in [0.717, 1.165) is 17.8 Å². The first-order chi connectivity index (χ1) is 7.36. The van der Waals surface area contributed by atoms with Gasteiger partial charge in [-0.1, -0.05) is 0 Å². The maximum absolute atomic E-state index is 10.6. The highest BCUT2D eigenvalue weighted by Crippen LogP contribution is 2.19. The molecule has 0 saturated carbocycles. The monoisotopic (exact) mass is 230 g/mol. The van der Waals surface area contributed by atoms with Crippen molar-refractivity contribution in [3.8, 4) is 0 Å². The zero-order valence-electron chi connectivity index (χ0n) is 7.89. The van der Waals surface area contributed by atoms with Crippen LogP contribution in [0.25, 0.3) is 0 Å². The second-order valence-corrected chi connectivity index (χ2v) is 2.63. The fourth-order valence-corrected chi connectivity index (χ4v) is 1.02. The summed E-state index contributed by atoms with van der Waals surface area (Å²) < 4.78 is 0.752. The van der Waals surface area contributed by atoms with Crippen LogP contribution in [0.3, 0.4) is 0 Å². The molecule has 0 aromatic carbocycles. The van der Waals surface area contributed by atoms with E-state index in [4.69, 9.17) is 10.2 Å². The van der Waals surface area contributed by atoms with Gasteiger partial charge in [0.2, 0.25) is 0 Å². The van der Waals surface area contributed by atoms with Crippen LogP contribution in [0.15, 0.2) is 6.20 Å². The molecule has 1 aromatic heterocycles. The third-order valence-electron chi connectivity index (χ3n) is 1.71. The van der Waals surface area contributed by atoms with Crippen LogP contribution < -0.4 is 4.90 Å². The fourth-order valence-electron chi connectivity index (χ4n) is 1.02. The van der Waals surface area contributed by atoms with Crippen molar-refractivity contribution in [1.82, 2.24) is 9.55 Å². The van der Waals surface area contributed by atoms with Gasteiger partial charge in [-0.05, 0) is 4.92 Å². The van der Waals surface area contributed by atoms with E-state index in [1.807, 2.05) is 0 Å². The zero-order valence-corrected chi connectivity index (χ0v) is 7.89. The van der Waals surface area contributed by atoms with Crippen molar-refractivity contribution in [1.29, 1.82) is 0 Å². The van der Waals surface area contributed by atoms with E-state index in [1.54, 1.807) is 0 Å². The van der Waals surface area contributed by atoms with Crippen LogP contribution in [0.2, 0.25) is 0 Å². The molecule has 1 heterocycles. The van der Waals surface area contributed by atoms with Gasteiger partial charge in [0.1, 0.15) is 6.20 Å². The second kappa shape index (κ2) is 3.84. The van der Waals surface area contributed by atoms with Crippen LogP contribution in [0.5, 0.6) is 0 Å². The van der Waals surface area contributed by atoms with Crippen LogP contribution in [0, 0.1) is 10.1 Å². The van der Waals surface area contributed by atoms with E-state index in [2.05, 4.69) is 4.98 Å². The topological polar surface area (TPSA) is 139 Å². The minimum atomic E-state index is -1.80. The molecule has 0 bridgehead atoms. The Morgan fingerprint density at radius 2 is 2.00 bits per heavy atom. The number of hydrogen-bond donors (Lipinski definition) is 2. The maximum atomic E-state index is 10.6. The van der Waals surface area contributed by atoms with Gasteiger partial charge in [-0.25, -0.2) is 9.59 Å².